The number of aliphatic hydroxyl groups is 1. The summed E-state index contributed by atoms with van der Waals surface area (Å²) >= 11 is 0. The molecular formula is C15H22N2O3. The zero-order chi connectivity index (χ0) is 14.4. The largest absolute Gasteiger partial charge is 0.391 e. The van der Waals surface area contributed by atoms with Gasteiger partial charge < -0.3 is 20.5 Å². The minimum absolute atomic E-state index is 0.0617. The summed E-state index contributed by atoms with van der Waals surface area (Å²) < 4.78 is 4.85. The van der Waals surface area contributed by atoms with Gasteiger partial charge in [-0.3, -0.25) is 4.79 Å². The zero-order valence-corrected chi connectivity index (χ0v) is 11.8. The van der Waals surface area contributed by atoms with Gasteiger partial charge in [-0.15, -0.1) is 0 Å². The fraction of sp³-hybridized carbons (Fsp3) is 0.533. The van der Waals surface area contributed by atoms with Crippen molar-refractivity contribution < 1.29 is 14.6 Å². The van der Waals surface area contributed by atoms with E-state index in [1.807, 2.05) is 12.1 Å². The molecule has 0 spiro atoms. The second kappa shape index (κ2) is 7.38. The summed E-state index contributed by atoms with van der Waals surface area (Å²) in [4.78, 5) is 12.2. The highest BCUT2D eigenvalue weighted by atomic mass is 16.5. The van der Waals surface area contributed by atoms with Crippen LogP contribution < -0.4 is 10.6 Å². The molecule has 0 radical (unpaired) electrons. The van der Waals surface area contributed by atoms with Gasteiger partial charge in [0.25, 0.3) is 5.91 Å². The number of fused-ring (bicyclic) bond motifs is 1. The number of nitrogens with one attached hydrogen (secondary N) is 2. The quantitative estimate of drug-likeness (QED) is 0.707. The van der Waals surface area contributed by atoms with E-state index in [2.05, 4.69) is 16.7 Å². The standard InChI is InChI=1S/C15H22N2O3/c1-20-10-12(18)5-8-17-15(19)14-4-2-3-11-9-16-7-6-13(11)14/h2-4,12,16,18H,5-10H2,1H3,(H,17,19). The van der Waals surface area contributed by atoms with Gasteiger partial charge in [-0.2, -0.15) is 0 Å². The van der Waals surface area contributed by atoms with Crippen LogP contribution in [0.5, 0.6) is 0 Å². The summed E-state index contributed by atoms with van der Waals surface area (Å²) in [6, 6.07) is 5.84. The van der Waals surface area contributed by atoms with Crippen LogP contribution in [0.1, 0.15) is 27.9 Å². The summed E-state index contributed by atoms with van der Waals surface area (Å²) in [5.41, 5.74) is 3.09. The molecule has 0 fully saturated rings. The summed E-state index contributed by atoms with van der Waals surface area (Å²) in [7, 11) is 1.55. The molecule has 0 saturated heterocycles. The SMILES string of the molecule is COCC(O)CCNC(=O)c1cccc2c1CCNC2. The van der Waals surface area contributed by atoms with Crippen LogP contribution in [-0.2, 0) is 17.7 Å². The summed E-state index contributed by atoms with van der Waals surface area (Å²) in [6.45, 7) is 2.47. The predicted molar refractivity (Wildman–Crippen MR) is 76.7 cm³/mol. The lowest BCUT2D eigenvalue weighted by molar-refractivity contribution is 0.0587. The number of aliphatic hydroxyl groups excluding tert-OH is 1. The lowest BCUT2D eigenvalue weighted by Gasteiger charge is -2.20. The van der Waals surface area contributed by atoms with Gasteiger partial charge in [0.1, 0.15) is 0 Å². The molecule has 1 aromatic carbocycles. The van der Waals surface area contributed by atoms with Crippen LogP contribution in [-0.4, -0.2) is 43.9 Å². The monoisotopic (exact) mass is 278 g/mol. The van der Waals surface area contributed by atoms with Crippen LogP contribution in [0.2, 0.25) is 0 Å². The van der Waals surface area contributed by atoms with E-state index in [1.54, 1.807) is 7.11 Å². The Hall–Kier alpha value is -1.43. The maximum Gasteiger partial charge on any atom is 0.251 e. The third-order valence-corrected chi connectivity index (χ3v) is 3.51. The second-order valence-corrected chi connectivity index (χ2v) is 5.02. The molecule has 1 aliphatic heterocycles. The average Bonchev–Trinajstić information content (AvgIpc) is 2.47. The Morgan fingerprint density at radius 3 is 3.20 bits per heavy atom. The smallest absolute Gasteiger partial charge is 0.251 e. The van der Waals surface area contributed by atoms with Gasteiger partial charge in [0.2, 0.25) is 0 Å². The summed E-state index contributed by atoms with van der Waals surface area (Å²) in [6.07, 6.45) is 0.843. The summed E-state index contributed by atoms with van der Waals surface area (Å²) in [5.74, 6) is -0.0617. The molecule has 1 heterocycles. The number of rotatable bonds is 6. The fourth-order valence-electron chi connectivity index (χ4n) is 2.47. The fourth-order valence-corrected chi connectivity index (χ4v) is 2.47. The van der Waals surface area contributed by atoms with Crippen LogP contribution in [0.3, 0.4) is 0 Å². The molecular weight excluding hydrogens is 256 g/mol. The van der Waals surface area contributed by atoms with E-state index in [0.29, 0.717) is 19.6 Å². The number of carbonyl (C=O) groups is 1. The highest BCUT2D eigenvalue weighted by Gasteiger charge is 2.17. The van der Waals surface area contributed by atoms with Gasteiger partial charge in [-0.1, -0.05) is 12.1 Å². The molecule has 2 rings (SSSR count). The lowest BCUT2D eigenvalue weighted by Crippen LogP contribution is -2.31. The Kier molecular flexibility index (Phi) is 5.52. The highest BCUT2D eigenvalue weighted by Crippen LogP contribution is 2.18. The van der Waals surface area contributed by atoms with Crippen molar-refractivity contribution in [2.24, 2.45) is 0 Å². The zero-order valence-electron chi connectivity index (χ0n) is 11.8. The van der Waals surface area contributed by atoms with Crippen molar-refractivity contribution in [3.05, 3.63) is 34.9 Å². The molecule has 1 atom stereocenters. The minimum Gasteiger partial charge on any atom is -0.391 e. The van der Waals surface area contributed by atoms with Crippen molar-refractivity contribution in [2.75, 3.05) is 26.8 Å². The first kappa shape index (κ1) is 15.0. The van der Waals surface area contributed by atoms with Crippen molar-refractivity contribution in [1.29, 1.82) is 0 Å². The third-order valence-electron chi connectivity index (χ3n) is 3.51. The van der Waals surface area contributed by atoms with Crippen molar-refractivity contribution >= 4 is 5.91 Å². The first-order chi connectivity index (χ1) is 9.72. The van der Waals surface area contributed by atoms with Crippen molar-refractivity contribution in [1.82, 2.24) is 10.6 Å². The number of amides is 1. The molecule has 1 aromatic rings. The topological polar surface area (TPSA) is 70.6 Å². The van der Waals surface area contributed by atoms with E-state index in [1.165, 1.54) is 5.56 Å². The molecule has 0 saturated carbocycles. The first-order valence-corrected chi connectivity index (χ1v) is 6.99. The molecule has 110 valence electrons. The molecule has 5 heteroatoms. The third kappa shape index (κ3) is 3.79. The van der Waals surface area contributed by atoms with Crippen LogP contribution in [0.4, 0.5) is 0 Å². The molecule has 3 N–H and O–H groups in total. The second-order valence-electron chi connectivity index (χ2n) is 5.02. The number of hydrogen-bond acceptors (Lipinski definition) is 4. The van der Waals surface area contributed by atoms with Crippen LogP contribution in [0.25, 0.3) is 0 Å². The maximum atomic E-state index is 12.2. The Bertz CT molecular complexity index is 462. The van der Waals surface area contributed by atoms with Gasteiger partial charge in [0.15, 0.2) is 0 Å². The normalized spacial score (nSPS) is 15.5. The molecule has 0 aliphatic carbocycles. The van der Waals surface area contributed by atoms with Crippen LogP contribution >= 0.6 is 0 Å². The van der Waals surface area contributed by atoms with Crippen LogP contribution in [0, 0.1) is 0 Å². The van der Waals surface area contributed by atoms with E-state index in [0.717, 1.165) is 30.6 Å². The molecule has 1 amide bonds. The number of hydrogen-bond donors (Lipinski definition) is 3. The van der Waals surface area contributed by atoms with E-state index in [-0.39, 0.29) is 5.91 Å². The predicted octanol–water partition coefficient (Wildman–Crippen LogP) is 0.459. The number of benzene rings is 1. The Balaban J connectivity index is 1.93. The van der Waals surface area contributed by atoms with E-state index < -0.39 is 6.10 Å². The number of ether oxygens (including phenoxy) is 1. The molecule has 1 unspecified atom stereocenters. The van der Waals surface area contributed by atoms with E-state index in [4.69, 9.17) is 4.74 Å². The van der Waals surface area contributed by atoms with Gasteiger partial charge in [0, 0.05) is 25.8 Å². The molecule has 20 heavy (non-hydrogen) atoms. The van der Waals surface area contributed by atoms with Crippen LogP contribution in [0.15, 0.2) is 18.2 Å². The van der Waals surface area contributed by atoms with Crippen molar-refractivity contribution in [3.63, 3.8) is 0 Å². The number of methoxy groups -OCH3 is 1. The molecule has 0 aromatic heterocycles. The minimum atomic E-state index is -0.533. The maximum absolute atomic E-state index is 12.2. The van der Waals surface area contributed by atoms with Gasteiger partial charge in [-0.25, -0.2) is 0 Å². The summed E-state index contributed by atoms with van der Waals surface area (Å²) in [5, 5.41) is 15.7. The Labute approximate surface area is 119 Å². The molecule has 0 bridgehead atoms. The Morgan fingerprint density at radius 1 is 1.55 bits per heavy atom. The van der Waals surface area contributed by atoms with Crippen molar-refractivity contribution in [3.8, 4) is 0 Å². The highest BCUT2D eigenvalue weighted by molar-refractivity contribution is 5.96. The van der Waals surface area contributed by atoms with Gasteiger partial charge in [-0.05, 0) is 36.6 Å². The van der Waals surface area contributed by atoms with Crippen molar-refractivity contribution in [2.45, 2.75) is 25.5 Å². The first-order valence-electron chi connectivity index (χ1n) is 6.99. The van der Waals surface area contributed by atoms with E-state index in [9.17, 15) is 9.90 Å². The van der Waals surface area contributed by atoms with E-state index >= 15 is 0 Å². The average molecular weight is 278 g/mol. The number of carbonyl (C=O) groups excluding carboxylic acids is 1. The molecule has 5 nitrogen and oxygen atoms in total. The molecule has 1 aliphatic rings. The van der Waals surface area contributed by atoms with Gasteiger partial charge >= 0.3 is 0 Å². The Morgan fingerprint density at radius 2 is 2.40 bits per heavy atom. The lowest BCUT2D eigenvalue weighted by atomic mass is 9.95. The van der Waals surface area contributed by atoms with Gasteiger partial charge in [0.05, 0.1) is 12.7 Å².